The molecule has 0 spiro atoms. The highest BCUT2D eigenvalue weighted by molar-refractivity contribution is 5.89. The standard InChI is InChI=1S/C13H18N4O/c1-3-17(4-2)12-7-5-11(6-8-12)16-13(18)15-10-9-14/h5-8H,3-4,10H2,1-2H3,(H2,15,16,18). The molecule has 0 heterocycles. The number of amides is 2. The first-order valence-electron chi connectivity index (χ1n) is 5.98. The Bertz CT molecular complexity index is 418. The number of carbonyl (C=O) groups is 1. The highest BCUT2D eigenvalue weighted by Crippen LogP contribution is 2.17. The van der Waals surface area contributed by atoms with E-state index in [0.29, 0.717) is 5.69 Å². The molecule has 5 heteroatoms. The number of hydrogen-bond donors (Lipinski definition) is 2. The number of nitrogens with zero attached hydrogens (tertiary/aromatic N) is 2. The van der Waals surface area contributed by atoms with Crippen LogP contribution in [0.15, 0.2) is 24.3 Å². The summed E-state index contributed by atoms with van der Waals surface area (Å²) in [4.78, 5) is 13.5. The Morgan fingerprint density at radius 2 is 1.89 bits per heavy atom. The minimum absolute atomic E-state index is 0.00334. The highest BCUT2D eigenvalue weighted by atomic mass is 16.2. The van der Waals surface area contributed by atoms with Gasteiger partial charge in [-0.2, -0.15) is 5.26 Å². The molecule has 2 N–H and O–H groups in total. The van der Waals surface area contributed by atoms with Crippen LogP contribution < -0.4 is 15.5 Å². The van der Waals surface area contributed by atoms with Crippen LogP contribution in [0.25, 0.3) is 0 Å². The van der Waals surface area contributed by atoms with Crippen molar-refractivity contribution in [1.82, 2.24) is 5.32 Å². The van der Waals surface area contributed by atoms with Gasteiger partial charge < -0.3 is 15.5 Å². The Morgan fingerprint density at radius 3 is 2.39 bits per heavy atom. The number of hydrogen-bond acceptors (Lipinski definition) is 3. The first-order chi connectivity index (χ1) is 8.71. The minimum atomic E-state index is -0.368. The van der Waals surface area contributed by atoms with Gasteiger partial charge in [0.2, 0.25) is 0 Å². The number of nitriles is 1. The molecule has 1 rings (SSSR count). The third kappa shape index (κ3) is 3.98. The molecule has 96 valence electrons. The van der Waals surface area contributed by atoms with Gasteiger partial charge in [0.15, 0.2) is 0 Å². The third-order valence-corrected chi connectivity index (χ3v) is 2.58. The van der Waals surface area contributed by atoms with Gasteiger partial charge in [-0.1, -0.05) is 0 Å². The summed E-state index contributed by atoms with van der Waals surface area (Å²) in [5.74, 6) is 0. The van der Waals surface area contributed by atoms with E-state index in [-0.39, 0.29) is 12.6 Å². The van der Waals surface area contributed by atoms with Crippen LogP contribution in [0.1, 0.15) is 13.8 Å². The van der Waals surface area contributed by atoms with Crippen LogP contribution in [0.2, 0.25) is 0 Å². The molecule has 0 aliphatic rings. The smallest absolute Gasteiger partial charge is 0.320 e. The van der Waals surface area contributed by atoms with Crippen LogP contribution in [-0.4, -0.2) is 25.7 Å². The Morgan fingerprint density at radius 1 is 1.28 bits per heavy atom. The Hall–Kier alpha value is -2.22. The molecule has 0 atom stereocenters. The summed E-state index contributed by atoms with van der Waals surface area (Å²) < 4.78 is 0. The summed E-state index contributed by atoms with van der Waals surface area (Å²) in [7, 11) is 0. The summed E-state index contributed by atoms with van der Waals surface area (Å²) in [6.45, 7) is 6.11. The maximum absolute atomic E-state index is 11.3. The predicted octanol–water partition coefficient (Wildman–Crippen LogP) is 2.18. The number of anilines is 2. The summed E-state index contributed by atoms with van der Waals surface area (Å²) in [5.41, 5.74) is 1.84. The van der Waals surface area contributed by atoms with Crippen molar-refractivity contribution >= 4 is 17.4 Å². The zero-order chi connectivity index (χ0) is 13.4. The average Bonchev–Trinajstić information content (AvgIpc) is 2.40. The fourth-order valence-corrected chi connectivity index (χ4v) is 1.64. The van der Waals surface area contributed by atoms with E-state index in [2.05, 4.69) is 29.4 Å². The fourth-order valence-electron chi connectivity index (χ4n) is 1.64. The van der Waals surface area contributed by atoms with Crippen LogP contribution in [-0.2, 0) is 0 Å². The molecule has 5 nitrogen and oxygen atoms in total. The van der Waals surface area contributed by atoms with Gasteiger partial charge in [0.1, 0.15) is 6.54 Å². The fraction of sp³-hybridized carbons (Fsp3) is 0.385. The van der Waals surface area contributed by atoms with Crippen molar-refractivity contribution in [3.8, 4) is 6.07 Å². The van der Waals surface area contributed by atoms with E-state index in [1.807, 2.05) is 30.3 Å². The summed E-state index contributed by atoms with van der Waals surface area (Å²) >= 11 is 0. The molecule has 0 unspecified atom stereocenters. The van der Waals surface area contributed by atoms with Crippen LogP contribution in [0.3, 0.4) is 0 Å². The van der Waals surface area contributed by atoms with Crippen molar-refractivity contribution in [2.75, 3.05) is 29.9 Å². The van der Waals surface area contributed by atoms with Gasteiger partial charge in [-0.05, 0) is 38.1 Å². The monoisotopic (exact) mass is 246 g/mol. The lowest BCUT2D eigenvalue weighted by Crippen LogP contribution is -2.28. The molecule has 0 aliphatic heterocycles. The van der Waals surface area contributed by atoms with E-state index in [0.717, 1.165) is 18.8 Å². The number of urea groups is 1. The number of nitrogens with one attached hydrogen (secondary N) is 2. The van der Waals surface area contributed by atoms with Gasteiger partial charge in [-0.25, -0.2) is 4.79 Å². The number of rotatable bonds is 5. The number of carbonyl (C=O) groups excluding carboxylic acids is 1. The maximum Gasteiger partial charge on any atom is 0.320 e. The molecule has 0 aliphatic carbocycles. The first kappa shape index (κ1) is 13.8. The molecule has 0 saturated heterocycles. The molecule has 1 aromatic carbocycles. The normalized spacial score (nSPS) is 9.39. The van der Waals surface area contributed by atoms with Gasteiger partial charge in [0, 0.05) is 24.5 Å². The van der Waals surface area contributed by atoms with Crippen molar-refractivity contribution in [3.63, 3.8) is 0 Å². The predicted molar refractivity (Wildman–Crippen MR) is 72.6 cm³/mol. The molecule has 2 amide bonds. The molecule has 18 heavy (non-hydrogen) atoms. The van der Waals surface area contributed by atoms with Gasteiger partial charge in [-0.3, -0.25) is 0 Å². The van der Waals surface area contributed by atoms with Gasteiger partial charge in [0.25, 0.3) is 0 Å². The molecular formula is C13H18N4O. The highest BCUT2D eigenvalue weighted by Gasteiger charge is 2.03. The van der Waals surface area contributed by atoms with Crippen LogP contribution in [0.5, 0.6) is 0 Å². The second-order valence-electron chi connectivity index (χ2n) is 3.68. The molecule has 0 bridgehead atoms. The molecule has 0 fully saturated rings. The van der Waals surface area contributed by atoms with Crippen molar-refractivity contribution in [2.45, 2.75) is 13.8 Å². The zero-order valence-electron chi connectivity index (χ0n) is 10.7. The van der Waals surface area contributed by atoms with Crippen molar-refractivity contribution in [2.24, 2.45) is 0 Å². The summed E-state index contributed by atoms with van der Waals surface area (Å²) in [6.07, 6.45) is 0. The summed E-state index contributed by atoms with van der Waals surface area (Å²) in [5, 5.41) is 13.4. The molecule has 1 aromatic rings. The van der Waals surface area contributed by atoms with E-state index >= 15 is 0 Å². The first-order valence-corrected chi connectivity index (χ1v) is 5.98. The van der Waals surface area contributed by atoms with Crippen LogP contribution >= 0.6 is 0 Å². The van der Waals surface area contributed by atoms with Gasteiger partial charge >= 0.3 is 6.03 Å². The Kier molecular flexibility index (Phi) is 5.52. The van der Waals surface area contributed by atoms with Crippen molar-refractivity contribution < 1.29 is 4.79 Å². The topological polar surface area (TPSA) is 68.2 Å². The lowest BCUT2D eigenvalue weighted by Gasteiger charge is -2.21. The van der Waals surface area contributed by atoms with E-state index in [4.69, 9.17) is 5.26 Å². The maximum atomic E-state index is 11.3. The van der Waals surface area contributed by atoms with Gasteiger partial charge in [-0.15, -0.1) is 0 Å². The van der Waals surface area contributed by atoms with Crippen molar-refractivity contribution in [1.29, 1.82) is 5.26 Å². The molecule has 0 radical (unpaired) electrons. The molecular weight excluding hydrogens is 228 g/mol. The second-order valence-corrected chi connectivity index (χ2v) is 3.68. The largest absolute Gasteiger partial charge is 0.372 e. The average molecular weight is 246 g/mol. The van der Waals surface area contributed by atoms with E-state index in [1.54, 1.807) is 0 Å². The van der Waals surface area contributed by atoms with E-state index in [1.165, 1.54) is 0 Å². The minimum Gasteiger partial charge on any atom is -0.372 e. The van der Waals surface area contributed by atoms with Crippen LogP contribution in [0.4, 0.5) is 16.2 Å². The summed E-state index contributed by atoms with van der Waals surface area (Å²) in [6, 6.07) is 9.10. The van der Waals surface area contributed by atoms with Crippen LogP contribution in [0, 0.1) is 11.3 Å². The van der Waals surface area contributed by atoms with Crippen molar-refractivity contribution in [3.05, 3.63) is 24.3 Å². The second kappa shape index (κ2) is 7.17. The Balaban J connectivity index is 2.60. The van der Waals surface area contributed by atoms with E-state index in [9.17, 15) is 4.79 Å². The number of benzene rings is 1. The molecule has 0 saturated carbocycles. The Labute approximate surface area is 107 Å². The zero-order valence-corrected chi connectivity index (χ0v) is 10.7. The molecule has 0 aromatic heterocycles. The van der Waals surface area contributed by atoms with Gasteiger partial charge in [0.05, 0.1) is 6.07 Å². The van der Waals surface area contributed by atoms with E-state index < -0.39 is 0 Å². The lowest BCUT2D eigenvalue weighted by molar-refractivity contribution is 0.253. The lowest BCUT2D eigenvalue weighted by atomic mass is 10.2. The SMILES string of the molecule is CCN(CC)c1ccc(NC(=O)NCC#N)cc1. The quantitative estimate of drug-likeness (QED) is 0.782. The third-order valence-electron chi connectivity index (χ3n) is 2.58.